The van der Waals surface area contributed by atoms with Crippen LogP contribution in [0.25, 0.3) is 0 Å². The van der Waals surface area contributed by atoms with E-state index in [1.807, 2.05) is 12.5 Å². The van der Waals surface area contributed by atoms with Crippen molar-refractivity contribution in [3.63, 3.8) is 0 Å². The van der Waals surface area contributed by atoms with Crippen molar-refractivity contribution >= 4 is 8.80 Å². The van der Waals surface area contributed by atoms with E-state index in [1.165, 1.54) is 0 Å². The summed E-state index contributed by atoms with van der Waals surface area (Å²) in [5, 5.41) is 3.50. The highest BCUT2D eigenvalue weighted by Gasteiger charge is 2.38. The molecule has 0 radical (unpaired) electrons. The molecule has 6 nitrogen and oxygen atoms in total. The lowest BCUT2D eigenvalue weighted by atomic mass is 10.3. The van der Waals surface area contributed by atoms with Crippen LogP contribution in [-0.2, 0) is 13.3 Å². The highest BCUT2D eigenvalue weighted by Crippen LogP contribution is 2.20. The molecular formula is C12H25N3O3Si. The van der Waals surface area contributed by atoms with Crippen molar-refractivity contribution in [2.45, 2.75) is 32.0 Å². The molecule has 1 rings (SSSR count). The zero-order valence-electron chi connectivity index (χ0n) is 12.3. The molecule has 0 aliphatic carbocycles. The summed E-state index contributed by atoms with van der Waals surface area (Å²) in [6, 6.07) is 0.760. The summed E-state index contributed by atoms with van der Waals surface area (Å²) in [4.78, 5) is 4.10. The van der Waals surface area contributed by atoms with Crippen LogP contribution in [0.4, 0.5) is 0 Å². The number of imidazole rings is 1. The first kappa shape index (κ1) is 16.3. The molecule has 0 saturated carbocycles. The van der Waals surface area contributed by atoms with Crippen LogP contribution >= 0.6 is 0 Å². The summed E-state index contributed by atoms with van der Waals surface area (Å²) in [6.45, 7) is 3.11. The van der Waals surface area contributed by atoms with E-state index in [2.05, 4.69) is 21.8 Å². The quantitative estimate of drug-likeness (QED) is 0.663. The van der Waals surface area contributed by atoms with Gasteiger partial charge < -0.3 is 17.8 Å². The number of aromatic nitrogens is 2. The van der Waals surface area contributed by atoms with Crippen molar-refractivity contribution in [1.29, 1.82) is 0 Å². The fourth-order valence-corrected chi connectivity index (χ4v) is 3.73. The van der Waals surface area contributed by atoms with E-state index >= 15 is 0 Å². The lowest BCUT2D eigenvalue weighted by Crippen LogP contribution is -2.43. The lowest BCUT2D eigenvalue weighted by molar-refractivity contribution is 0.120. The van der Waals surface area contributed by atoms with Crippen LogP contribution in [-0.4, -0.2) is 46.2 Å². The fourth-order valence-electron chi connectivity index (χ4n) is 1.99. The first-order valence-corrected chi connectivity index (χ1v) is 8.50. The van der Waals surface area contributed by atoms with Crippen molar-refractivity contribution in [1.82, 2.24) is 14.9 Å². The second-order valence-electron chi connectivity index (χ2n) is 4.31. The Kier molecular flexibility index (Phi) is 7.25. The number of hydrogen-bond donors (Lipinski definition) is 1. The molecule has 19 heavy (non-hydrogen) atoms. The molecule has 0 amide bonds. The third kappa shape index (κ3) is 4.70. The van der Waals surface area contributed by atoms with E-state index in [0.717, 1.165) is 25.4 Å². The Morgan fingerprint density at radius 1 is 1.26 bits per heavy atom. The van der Waals surface area contributed by atoms with Crippen molar-refractivity contribution in [2.24, 2.45) is 0 Å². The van der Waals surface area contributed by atoms with E-state index < -0.39 is 8.80 Å². The second-order valence-corrected chi connectivity index (χ2v) is 7.40. The Bertz CT molecular complexity index is 323. The van der Waals surface area contributed by atoms with Crippen LogP contribution in [0.3, 0.4) is 0 Å². The zero-order chi connectivity index (χ0) is 14.1. The molecule has 0 aliphatic rings. The van der Waals surface area contributed by atoms with Gasteiger partial charge in [0.05, 0.1) is 12.5 Å². The predicted octanol–water partition coefficient (Wildman–Crippen LogP) is 1.65. The molecule has 1 aromatic rings. The zero-order valence-corrected chi connectivity index (χ0v) is 13.3. The van der Waals surface area contributed by atoms with E-state index in [-0.39, 0.29) is 6.17 Å². The number of nitrogens with one attached hydrogen (secondary N) is 1. The average Bonchev–Trinajstić information content (AvgIpc) is 2.98. The molecule has 0 aliphatic heterocycles. The third-order valence-corrected chi connectivity index (χ3v) is 5.94. The van der Waals surface area contributed by atoms with Crippen LogP contribution < -0.4 is 5.32 Å². The molecule has 1 heterocycles. The summed E-state index contributed by atoms with van der Waals surface area (Å²) in [5.74, 6) is 0. The summed E-state index contributed by atoms with van der Waals surface area (Å²) >= 11 is 0. The van der Waals surface area contributed by atoms with Gasteiger partial charge in [0.25, 0.3) is 0 Å². The minimum absolute atomic E-state index is 0.190. The van der Waals surface area contributed by atoms with Gasteiger partial charge in [0.2, 0.25) is 0 Å². The van der Waals surface area contributed by atoms with Crippen molar-refractivity contribution < 1.29 is 13.3 Å². The Morgan fingerprint density at radius 2 is 1.95 bits per heavy atom. The summed E-state index contributed by atoms with van der Waals surface area (Å²) in [7, 11) is 2.43. The highest BCUT2D eigenvalue weighted by molar-refractivity contribution is 6.60. The predicted molar refractivity (Wildman–Crippen MR) is 75.8 cm³/mol. The maximum atomic E-state index is 5.45. The summed E-state index contributed by atoms with van der Waals surface area (Å²) < 4.78 is 18.4. The normalized spacial score (nSPS) is 13.7. The van der Waals surface area contributed by atoms with E-state index in [4.69, 9.17) is 13.3 Å². The summed E-state index contributed by atoms with van der Waals surface area (Å²) in [6.07, 6.45) is 7.72. The van der Waals surface area contributed by atoms with E-state index in [1.54, 1.807) is 27.5 Å². The number of rotatable bonds is 10. The molecule has 0 fully saturated rings. The number of hydrogen-bond acceptors (Lipinski definition) is 5. The average molecular weight is 287 g/mol. The molecule has 0 saturated heterocycles. The lowest BCUT2D eigenvalue weighted by Gasteiger charge is -2.27. The molecule has 1 atom stereocenters. The second kappa shape index (κ2) is 8.44. The molecule has 110 valence electrons. The van der Waals surface area contributed by atoms with Gasteiger partial charge in [-0.3, -0.25) is 5.32 Å². The van der Waals surface area contributed by atoms with Crippen LogP contribution in [0.1, 0.15) is 25.9 Å². The molecule has 0 spiro atoms. The van der Waals surface area contributed by atoms with Gasteiger partial charge in [0, 0.05) is 39.8 Å². The Hall–Kier alpha value is -0.733. The Balaban J connectivity index is 2.62. The van der Waals surface area contributed by atoms with Gasteiger partial charge in [0.1, 0.15) is 0 Å². The van der Waals surface area contributed by atoms with Crippen LogP contribution in [0.15, 0.2) is 18.7 Å². The third-order valence-electron chi connectivity index (χ3n) is 3.17. The Morgan fingerprint density at radius 3 is 2.42 bits per heavy atom. The van der Waals surface area contributed by atoms with Crippen LogP contribution in [0.5, 0.6) is 0 Å². The molecular weight excluding hydrogens is 262 g/mol. The van der Waals surface area contributed by atoms with E-state index in [0.29, 0.717) is 0 Å². The Labute approximate surface area is 116 Å². The van der Waals surface area contributed by atoms with Gasteiger partial charge in [-0.2, -0.15) is 0 Å². The monoisotopic (exact) mass is 287 g/mol. The molecule has 0 aromatic carbocycles. The molecule has 7 heteroatoms. The standard InChI is InChI=1S/C12H25N3O3Si/c1-5-7-14-12(15-9-8-13-11-15)6-10-19(16-2,17-3)18-4/h8-9,11-12,14H,5-7,10H2,1-4H3. The first-order valence-electron chi connectivity index (χ1n) is 6.57. The maximum Gasteiger partial charge on any atom is 0.500 e. The number of nitrogens with zero attached hydrogens (tertiary/aromatic N) is 2. The van der Waals surface area contributed by atoms with Gasteiger partial charge in [0.15, 0.2) is 0 Å². The minimum Gasteiger partial charge on any atom is -0.377 e. The molecule has 1 aromatic heterocycles. The molecule has 1 N–H and O–H groups in total. The highest BCUT2D eigenvalue weighted by atomic mass is 28.4. The van der Waals surface area contributed by atoms with Gasteiger partial charge in [-0.1, -0.05) is 6.92 Å². The summed E-state index contributed by atoms with van der Waals surface area (Å²) in [5.41, 5.74) is 0. The van der Waals surface area contributed by atoms with Crippen molar-refractivity contribution in [2.75, 3.05) is 27.9 Å². The van der Waals surface area contributed by atoms with E-state index in [9.17, 15) is 0 Å². The maximum absolute atomic E-state index is 5.45. The molecule has 0 bridgehead atoms. The fraction of sp³-hybridized carbons (Fsp3) is 0.750. The van der Waals surface area contributed by atoms with Gasteiger partial charge in [-0.15, -0.1) is 0 Å². The van der Waals surface area contributed by atoms with Crippen molar-refractivity contribution in [3.8, 4) is 0 Å². The van der Waals surface area contributed by atoms with Gasteiger partial charge >= 0.3 is 8.80 Å². The van der Waals surface area contributed by atoms with Gasteiger partial charge in [-0.05, 0) is 19.4 Å². The van der Waals surface area contributed by atoms with Crippen LogP contribution in [0, 0.1) is 0 Å². The van der Waals surface area contributed by atoms with Gasteiger partial charge in [-0.25, -0.2) is 4.98 Å². The SMILES string of the molecule is CCCNC(CC[Si](OC)(OC)OC)n1ccnc1. The smallest absolute Gasteiger partial charge is 0.377 e. The first-order chi connectivity index (χ1) is 9.21. The largest absolute Gasteiger partial charge is 0.500 e. The van der Waals surface area contributed by atoms with Crippen LogP contribution in [0.2, 0.25) is 6.04 Å². The van der Waals surface area contributed by atoms with Crippen molar-refractivity contribution in [3.05, 3.63) is 18.7 Å². The molecule has 1 unspecified atom stereocenters. The topological polar surface area (TPSA) is 57.5 Å². The minimum atomic E-state index is -2.51.